The molecule has 2 aliphatic rings. The fraction of sp³-hybridized carbons (Fsp3) is 0.360. The van der Waals surface area contributed by atoms with Gasteiger partial charge in [0.1, 0.15) is 0 Å². The minimum atomic E-state index is -0.266. The van der Waals surface area contributed by atoms with E-state index in [1.54, 1.807) is 48.5 Å². The van der Waals surface area contributed by atoms with Crippen LogP contribution in [0.4, 0.5) is 0 Å². The highest BCUT2D eigenvalue weighted by Gasteiger charge is 2.35. The number of benzene rings is 2. The van der Waals surface area contributed by atoms with Crippen molar-refractivity contribution in [2.24, 2.45) is 0 Å². The van der Waals surface area contributed by atoms with E-state index in [1.165, 1.54) is 9.80 Å². The molecule has 4 rings (SSSR count). The van der Waals surface area contributed by atoms with Crippen LogP contribution in [0.25, 0.3) is 0 Å². The van der Waals surface area contributed by atoms with E-state index >= 15 is 0 Å². The van der Waals surface area contributed by atoms with E-state index in [0.717, 1.165) is 19.3 Å². The first-order chi connectivity index (χ1) is 16.1. The van der Waals surface area contributed by atoms with Gasteiger partial charge < -0.3 is 9.47 Å². The Balaban J connectivity index is 1.02. The Morgan fingerprint density at radius 2 is 0.818 bits per heavy atom. The average molecular weight is 450 g/mol. The Morgan fingerprint density at radius 3 is 1.15 bits per heavy atom. The molecule has 0 saturated heterocycles. The smallest absolute Gasteiger partial charge is 0.261 e. The summed E-state index contributed by atoms with van der Waals surface area (Å²) in [6, 6.07) is 13.7. The molecule has 0 fully saturated rings. The van der Waals surface area contributed by atoms with Crippen LogP contribution in [0.5, 0.6) is 0 Å². The molecule has 0 aliphatic carbocycles. The van der Waals surface area contributed by atoms with Crippen LogP contribution in [-0.2, 0) is 9.47 Å². The second kappa shape index (κ2) is 10.5. The van der Waals surface area contributed by atoms with Gasteiger partial charge in [-0.05, 0) is 43.5 Å². The minimum Gasteiger partial charge on any atom is -0.380 e. The van der Waals surface area contributed by atoms with Crippen LogP contribution in [0.3, 0.4) is 0 Å². The van der Waals surface area contributed by atoms with Gasteiger partial charge in [0, 0.05) is 13.2 Å². The summed E-state index contributed by atoms with van der Waals surface area (Å²) in [7, 11) is 0. The van der Waals surface area contributed by atoms with Gasteiger partial charge >= 0.3 is 0 Å². The number of hydrogen-bond donors (Lipinski definition) is 0. The topological polar surface area (TPSA) is 93.2 Å². The molecule has 2 aromatic carbocycles. The van der Waals surface area contributed by atoms with Gasteiger partial charge in [-0.3, -0.25) is 29.0 Å². The minimum absolute atomic E-state index is 0.243. The Labute approximate surface area is 192 Å². The van der Waals surface area contributed by atoms with Crippen molar-refractivity contribution in [1.29, 1.82) is 0 Å². The van der Waals surface area contributed by atoms with Gasteiger partial charge in [-0.2, -0.15) is 0 Å². The number of hydrogen-bond acceptors (Lipinski definition) is 6. The number of fused-ring (bicyclic) bond motifs is 2. The Kier molecular flexibility index (Phi) is 7.26. The molecule has 0 unspecified atom stereocenters. The SMILES string of the molecule is O=C1c2ccccc2C(=O)N1CCOCCCCCOCCN1C(=O)c2ccccc2C1=O. The maximum atomic E-state index is 12.3. The summed E-state index contributed by atoms with van der Waals surface area (Å²) < 4.78 is 11.1. The zero-order valence-electron chi connectivity index (χ0n) is 18.3. The molecule has 0 bridgehead atoms. The highest BCUT2D eigenvalue weighted by atomic mass is 16.5. The zero-order chi connectivity index (χ0) is 23.2. The van der Waals surface area contributed by atoms with E-state index in [2.05, 4.69) is 0 Å². The molecule has 33 heavy (non-hydrogen) atoms. The van der Waals surface area contributed by atoms with Crippen molar-refractivity contribution in [3.8, 4) is 0 Å². The first kappa shape index (κ1) is 22.8. The second-order valence-electron chi connectivity index (χ2n) is 7.90. The predicted molar refractivity (Wildman–Crippen MR) is 119 cm³/mol. The number of carbonyl (C=O) groups excluding carboxylic acids is 4. The Morgan fingerprint density at radius 1 is 0.485 bits per heavy atom. The van der Waals surface area contributed by atoms with Crippen LogP contribution in [0, 0.1) is 0 Å². The lowest BCUT2D eigenvalue weighted by Gasteiger charge is -2.14. The van der Waals surface area contributed by atoms with Gasteiger partial charge in [0.15, 0.2) is 0 Å². The number of nitrogens with zero attached hydrogens (tertiary/aromatic N) is 2. The van der Waals surface area contributed by atoms with Gasteiger partial charge in [0.25, 0.3) is 23.6 Å². The number of ether oxygens (including phenoxy) is 2. The molecule has 4 amide bonds. The van der Waals surface area contributed by atoms with Gasteiger partial charge in [-0.15, -0.1) is 0 Å². The van der Waals surface area contributed by atoms with Crippen molar-refractivity contribution in [3.05, 3.63) is 70.8 Å². The van der Waals surface area contributed by atoms with E-state index in [-0.39, 0.29) is 36.7 Å². The fourth-order valence-corrected chi connectivity index (χ4v) is 3.99. The molecule has 0 radical (unpaired) electrons. The Bertz CT molecular complexity index is 913. The monoisotopic (exact) mass is 450 g/mol. The normalized spacial score (nSPS) is 14.9. The third kappa shape index (κ3) is 4.86. The van der Waals surface area contributed by atoms with Crippen molar-refractivity contribution < 1.29 is 28.7 Å². The summed E-state index contributed by atoms with van der Waals surface area (Å²) in [6.45, 7) is 2.18. The quantitative estimate of drug-likeness (QED) is 0.365. The third-order valence-electron chi connectivity index (χ3n) is 5.75. The highest BCUT2D eigenvalue weighted by molar-refractivity contribution is 6.22. The standard InChI is InChI=1S/C25H26N2O6/c28-22-18-8-2-3-9-19(18)23(29)26(22)12-16-32-14-6-1-7-15-33-17-13-27-24(30)20-10-4-5-11-21(20)25(27)31/h2-5,8-11H,1,6-7,12-17H2. The van der Waals surface area contributed by atoms with Crippen LogP contribution in [0.2, 0.25) is 0 Å². The molecule has 0 spiro atoms. The summed E-state index contributed by atoms with van der Waals surface area (Å²) in [5, 5.41) is 0. The lowest BCUT2D eigenvalue weighted by atomic mass is 10.1. The summed E-state index contributed by atoms with van der Waals surface area (Å²) in [5.41, 5.74) is 1.80. The Hall–Kier alpha value is -3.36. The largest absolute Gasteiger partial charge is 0.380 e. The molecule has 2 aliphatic heterocycles. The van der Waals surface area contributed by atoms with Gasteiger partial charge in [0.2, 0.25) is 0 Å². The van der Waals surface area contributed by atoms with Crippen LogP contribution < -0.4 is 0 Å². The lowest BCUT2D eigenvalue weighted by molar-refractivity contribution is 0.0551. The van der Waals surface area contributed by atoms with Crippen molar-refractivity contribution in [1.82, 2.24) is 9.80 Å². The van der Waals surface area contributed by atoms with Crippen LogP contribution in [0.15, 0.2) is 48.5 Å². The fourth-order valence-electron chi connectivity index (χ4n) is 3.99. The van der Waals surface area contributed by atoms with Crippen molar-refractivity contribution in [2.45, 2.75) is 19.3 Å². The zero-order valence-corrected chi connectivity index (χ0v) is 18.3. The van der Waals surface area contributed by atoms with E-state index in [1.807, 2.05) is 0 Å². The molecule has 0 atom stereocenters. The summed E-state index contributed by atoms with van der Waals surface area (Å²) in [6.07, 6.45) is 2.58. The molecule has 8 nitrogen and oxygen atoms in total. The molecular weight excluding hydrogens is 424 g/mol. The summed E-state index contributed by atoms with van der Waals surface area (Å²) in [5.74, 6) is -1.06. The van der Waals surface area contributed by atoms with Crippen molar-refractivity contribution >= 4 is 23.6 Å². The summed E-state index contributed by atoms with van der Waals surface area (Å²) in [4.78, 5) is 51.5. The lowest BCUT2D eigenvalue weighted by Crippen LogP contribution is -2.33. The molecule has 0 N–H and O–H groups in total. The number of imide groups is 2. The first-order valence-corrected chi connectivity index (χ1v) is 11.2. The molecular formula is C25H26N2O6. The highest BCUT2D eigenvalue weighted by Crippen LogP contribution is 2.23. The number of unbranched alkanes of at least 4 members (excludes halogenated alkanes) is 2. The van der Waals surface area contributed by atoms with E-state index in [0.29, 0.717) is 48.7 Å². The van der Waals surface area contributed by atoms with Crippen molar-refractivity contribution in [3.63, 3.8) is 0 Å². The van der Waals surface area contributed by atoms with Crippen LogP contribution in [0.1, 0.15) is 60.7 Å². The molecule has 2 heterocycles. The van der Waals surface area contributed by atoms with E-state index < -0.39 is 0 Å². The van der Waals surface area contributed by atoms with Crippen LogP contribution >= 0.6 is 0 Å². The number of carbonyl (C=O) groups is 4. The predicted octanol–water partition coefficient (Wildman–Crippen LogP) is 2.78. The molecule has 172 valence electrons. The van der Waals surface area contributed by atoms with E-state index in [9.17, 15) is 19.2 Å². The van der Waals surface area contributed by atoms with Gasteiger partial charge in [-0.25, -0.2) is 0 Å². The molecule has 0 aromatic heterocycles. The maximum Gasteiger partial charge on any atom is 0.261 e. The first-order valence-electron chi connectivity index (χ1n) is 11.2. The molecule has 2 aromatic rings. The van der Waals surface area contributed by atoms with Gasteiger partial charge in [0.05, 0.1) is 48.6 Å². The average Bonchev–Trinajstić information content (AvgIpc) is 3.23. The maximum absolute atomic E-state index is 12.3. The van der Waals surface area contributed by atoms with E-state index in [4.69, 9.17) is 9.47 Å². The number of rotatable bonds is 12. The second-order valence-corrected chi connectivity index (χ2v) is 7.90. The third-order valence-corrected chi connectivity index (χ3v) is 5.75. The van der Waals surface area contributed by atoms with Crippen LogP contribution in [-0.4, -0.2) is 72.9 Å². The van der Waals surface area contributed by atoms with Gasteiger partial charge in [-0.1, -0.05) is 24.3 Å². The molecule has 8 heteroatoms. The number of amides is 4. The summed E-state index contributed by atoms with van der Waals surface area (Å²) >= 11 is 0. The van der Waals surface area contributed by atoms with Crippen molar-refractivity contribution in [2.75, 3.05) is 39.5 Å². The molecule has 0 saturated carbocycles.